The Bertz CT molecular complexity index is 1950. The maximum atomic E-state index is 13.3. The number of nitrogens with zero attached hydrogens (tertiary/aromatic N) is 9. The van der Waals surface area contributed by atoms with Gasteiger partial charge in [-0.1, -0.05) is 11.6 Å². The molecule has 0 bridgehead atoms. The van der Waals surface area contributed by atoms with Crippen molar-refractivity contribution in [3.05, 3.63) is 71.3 Å². The van der Waals surface area contributed by atoms with Crippen molar-refractivity contribution < 1.29 is 19.1 Å². The molecule has 0 saturated carbocycles. The number of pyridine rings is 2. The molecule has 6 heterocycles. The molecule has 15 heteroatoms. The van der Waals surface area contributed by atoms with E-state index in [0.29, 0.717) is 60.5 Å². The summed E-state index contributed by atoms with van der Waals surface area (Å²) < 4.78 is 7.94. The normalized spacial score (nSPS) is 19.1. The van der Waals surface area contributed by atoms with Gasteiger partial charge in [-0.2, -0.15) is 10.4 Å². The molecule has 1 aromatic carbocycles. The van der Waals surface area contributed by atoms with E-state index in [1.54, 1.807) is 54.0 Å². The first-order valence-electron chi connectivity index (χ1n) is 16.8. The standard InChI is InChI=1S/C35H37ClN10O4/c1-23-22-43(12-13-44(23)27-4-2-24(17-37)29(36)16-27)34(48)25-3-5-33(39-18-25)50-15-14-42-9-6-26(7-10-42)46-31-21-38-20-30(28(31)19-40-46)45-11-8-32(47)41-35(45)49/h2-5,16,18-21,23,26H,6-15,22H2,1H3,(H,41,47,49). The average Bonchev–Trinajstić information content (AvgIpc) is 3.57. The molecule has 50 heavy (non-hydrogen) atoms. The molecule has 1 unspecified atom stereocenters. The number of benzene rings is 1. The summed E-state index contributed by atoms with van der Waals surface area (Å²) in [6.07, 6.45) is 8.84. The number of piperazine rings is 1. The first-order chi connectivity index (χ1) is 24.3. The van der Waals surface area contributed by atoms with Gasteiger partial charge in [-0.05, 0) is 44.0 Å². The summed E-state index contributed by atoms with van der Waals surface area (Å²) in [4.78, 5) is 54.1. The number of hydrogen-bond acceptors (Lipinski definition) is 10. The molecule has 3 saturated heterocycles. The van der Waals surface area contributed by atoms with Crippen LogP contribution in [0.15, 0.2) is 55.1 Å². The molecule has 4 amide bonds. The predicted octanol–water partition coefficient (Wildman–Crippen LogP) is 3.86. The van der Waals surface area contributed by atoms with Gasteiger partial charge in [0, 0.05) is 81.6 Å². The van der Waals surface area contributed by atoms with Crippen molar-refractivity contribution in [3.63, 3.8) is 0 Å². The molecule has 14 nitrogen and oxygen atoms in total. The van der Waals surface area contributed by atoms with Crippen LogP contribution in [0.3, 0.4) is 0 Å². The van der Waals surface area contributed by atoms with E-state index < -0.39 is 6.03 Å². The third kappa shape index (κ3) is 6.79. The fourth-order valence-corrected chi connectivity index (χ4v) is 7.20. The molecule has 3 aliphatic heterocycles. The van der Waals surface area contributed by atoms with Crippen LogP contribution >= 0.6 is 11.6 Å². The van der Waals surface area contributed by atoms with E-state index in [4.69, 9.17) is 21.6 Å². The Morgan fingerprint density at radius 1 is 1.06 bits per heavy atom. The van der Waals surface area contributed by atoms with Gasteiger partial charge in [0.25, 0.3) is 5.91 Å². The Labute approximate surface area is 294 Å². The number of likely N-dealkylation sites (tertiary alicyclic amines) is 1. The van der Waals surface area contributed by atoms with Gasteiger partial charge in [0.1, 0.15) is 12.7 Å². The second kappa shape index (κ2) is 14.3. The summed E-state index contributed by atoms with van der Waals surface area (Å²) in [5.74, 6) is 0.137. The van der Waals surface area contributed by atoms with Crippen molar-refractivity contribution in [1.29, 1.82) is 5.26 Å². The molecule has 1 N–H and O–H groups in total. The monoisotopic (exact) mass is 696 g/mol. The van der Waals surface area contributed by atoms with E-state index in [1.165, 1.54) is 0 Å². The van der Waals surface area contributed by atoms with Crippen molar-refractivity contribution >= 4 is 51.7 Å². The lowest BCUT2D eigenvalue weighted by atomic mass is 10.1. The van der Waals surface area contributed by atoms with Crippen molar-refractivity contribution in [2.75, 3.05) is 62.2 Å². The van der Waals surface area contributed by atoms with Crippen LogP contribution in [-0.4, -0.2) is 106 Å². The van der Waals surface area contributed by atoms with Crippen LogP contribution in [-0.2, 0) is 4.79 Å². The maximum Gasteiger partial charge on any atom is 0.328 e. The van der Waals surface area contributed by atoms with E-state index in [1.807, 2.05) is 15.6 Å². The number of nitriles is 1. The lowest BCUT2D eigenvalue weighted by Gasteiger charge is -2.41. The number of nitrogens with one attached hydrogen (secondary N) is 1. The third-order valence-electron chi connectivity index (χ3n) is 9.71. The number of hydrogen-bond donors (Lipinski definition) is 1. The SMILES string of the molecule is CC1CN(C(=O)c2ccc(OCCN3CCC(n4ncc5c(N6CCC(=O)NC6=O)cncc54)CC3)nc2)CCN1c1ccc(C#N)c(Cl)c1. The van der Waals surface area contributed by atoms with E-state index in [0.717, 1.165) is 49.1 Å². The van der Waals surface area contributed by atoms with Crippen molar-refractivity contribution in [2.45, 2.75) is 38.3 Å². The highest BCUT2D eigenvalue weighted by Crippen LogP contribution is 2.32. The number of carbonyl (C=O) groups is 3. The second-order valence-corrected chi connectivity index (χ2v) is 13.2. The van der Waals surface area contributed by atoms with Crippen LogP contribution in [0.1, 0.15) is 48.1 Å². The lowest BCUT2D eigenvalue weighted by Crippen LogP contribution is -2.53. The molecule has 1 atom stereocenters. The largest absolute Gasteiger partial charge is 0.476 e. The molecule has 0 aliphatic carbocycles. The molecule has 3 aliphatic rings. The number of urea groups is 1. The smallest absolute Gasteiger partial charge is 0.328 e. The van der Waals surface area contributed by atoms with E-state index in [2.05, 4.69) is 43.2 Å². The van der Waals surface area contributed by atoms with Gasteiger partial charge in [-0.15, -0.1) is 0 Å². The van der Waals surface area contributed by atoms with E-state index in [-0.39, 0.29) is 30.3 Å². The van der Waals surface area contributed by atoms with Crippen molar-refractivity contribution in [2.24, 2.45) is 0 Å². The average molecular weight is 697 g/mol. The Hall–Kier alpha value is -5.26. The molecular formula is C35H37ClN10O4. The van der Waals surface area contributed by atoms with Gasteiger partial charge in [0.15, 0.2) is 0 Å². The Kier molecular flexibility index (Phi) is 9.51. The topological polar surface area (TPSA) is 153 Å². The molecular weight excluding hydrogens is 660 g/mol. The highest BCUT2D eigenvalue weighted by molar-refractivity contribution is 6.32. The summed E-state index contributed by atoms with van der Waals surface area (Å²) in [5, 5.41) is 17.5. The van der Waals surface area contributed by atoms with Gasteiger partial charge >= 0.3 is 6.03 Å². The van der Waals surface area contributed by atoms with Gasteiger partial charge in [-0.25, -0.2) is 9.78 Å². The Balaban J connectivity index is 0.871. The van der Waals surface area contributed by atoms with Crippen LogP contribution in [0, 0.1) is 11.3 Å². The van der Waals surface area contributed by atoms with Gasteiger partial charge in [0.05, 0.1) is 52.0 Å². The molecule has 3 fully saturated rings. The molecule has 3 aromatic heterocycles. The summed E-state index contributed by atoms with van der Waals surface area (Å²) >= 11 is 6.25. The number of carbonyl (C=O) groups excluding carboxylic acids is 3. The number of anilines is 2. The molecule has 0 spiro atoms. The highest BCUT2D eigenvalue weighted by atomic mass is 35.5. The quantitative estimate of drug-likeness (QED) is 0.287. The van der Waals surface area contributed by atoms with Crippen LogP contribution in [0.25, 0.3) is 10.9 Å². The number of fused-ring (bicyclic) bond motifs is 1. The Morgan fingerprint density at radius 2 is 1.90 bits per heavy atom. The fraction of sp³-hybridized carbons (Fsp3) is 0.400. The summed E-state index contributed by atoms with van der Waals surface area (Å²) in [6, 6.07) is 10.9. The van der Waals surface area contributed by atoms with Gasteiger partial charge in [0.2, 0.25) is 11.8 Å². The minimum absolute atomic E-state index is 0.0678. The van der Waals surface area contributed by atoms with Crippen LogP contribution in [0.5, 0.6) is 5.88 Å². The number of amides is 4. The number of piperidine rings is 1. The minimum atomic E-state index is -0.438. The molecule has 4 aromatic rings. The zero-order valence-corrected chi connectivity index (χ0v) is 28.4. The zero-order chi connectivity index (χ0) is 34.8. The van der Waals surface area contributed by atoms with Crippen LogP contribution < -0.4 is 19.9 Å². The molecule has 258 valence electrons. The van der Waals surface area contributed by atoms with E-state index in [9.17, 15) is 14.4 Å². The predicted molar refractivity (Wildman–Crippen MR) is 186 cm³/mol. The number of imide groups is 1. The number of rotatable bonds is 8. The van der Waals surface area contributed by atoms with Gasteiger partial charge in [-0.3, -0.25) is 34.4 Å². The maximum absolute atomic E-state index is 13.3. The number of halogens is 1. The fourth-order valence-electron chi connectivity index (χ4n) is 6.99. The van der Waals surface area contributed by atoms with E-state index >= 15 is 0 Å². The molecule has 7 rings (SSSR count). The number of ether oxygens (including phenoxy) is 1. The lowest BCUT2D eigenvalue weighted by molar-refractivity contribution is -0.120. The van der Waals surface area contributed by atoms with Crippen LogP contribution in [0.4, 0.5) is 16.2 Å². The Morgan fingerprint density at radius 3 is 2.62 bits per heavy atom. The minimum Gasteiger partial charge on any atom is -0.476 e. The summed E-state index contributed by atoms with van der Waals surface area (Å²) in [7, 11) is 0. The highest BCUT2D eigenvalue weighted by Gasteiger charge is 2.30. The zero-order valence-electron chi connectivity index (χ0n) is 27.7. The third-order valence-corrected chi connectivity index (χ3v) is 10.0. The van der Waals surface area contributed by atoms with Gasteiger partial charge < -0.3 is 14.5 Å². The second-order valence-electron chi connectivity index (χ2n) is 12.8. The number of aromatic nitrogens is 4. The molecule has 0 radical (unpaired) electrons. The summed E-state index contributed by atoms with van der Waals surface area (Å²) in [6.45, 7) is 7.13. The van der Waals surface area contributed by atoms with Crippen molar-refractivity contribution in [1.82, 2.24) is 34.9 Å². The van der Waals surface area contributed by atoms with Crippen LogP contribution in [0.2, 0.25) is 5.02 Å². The summed E-state index contributed by atoms with van der Waals surface area (Å²) in [5.41, 5.74) is 3.42. The van der Waals surface area contributed by atoms with Crippen molar-refractivity contribution in [3.8, 4) is 11.9 Å². The first kappa shape index (κ1) is 33.2. The first-order valence-corrected chi connectivity index (χ1v) is 17.2.